The van der Waals surface area contributed by atoms with Crippen molar-refractivity contribution < 1.29 is 4.79 Å². The molecular weight excluding hydrogens is 278 g/mol. The Morgan fingerprint density at radius 1 is 1.45 bits per heavy atom. The first-order valence-corrected chi connectivity index (χ1v) is 7.62. The minimum atomic E-state index is 0.117. The molecule has 1 fully saturated rings. The molecule has 0 bridgehead atoms. The van der Waals surface area contributed by atoms with Gasteiger partial charge in [0.25, 0.3) is 5.91 Å². The molecule has 3 rings (SSSR count). The zero-order chi connectivity index (χ0) is 15.5. The van der Waals surface area contributed by atoms with Crippen LogP contribution in [0, 0.1) is 6.92 Å². The Morgan fingerprint density at radius 2 is 2.32 bits per heavy atom. The van der Waals surface area contributed by atoms with Crippen LogP contribution in [-0.4, -0.2) is 51.8 Å². The van der Waals surface area contributed by atoms with E-state index in [1.54, 1.807) is 11.0 Å². The van der Waals surface area contributed by atoms with E-state index in [4.69, 9.17) is 0 Å². The summed E-state index contributed by atoms with van der Waals surface area (Å²) < 4.78 is 1.71. The third-order valence-electron chi connectivity index (χ3n) is 4.19. The Kier molecular flexibility index (Phi) is 4.20. The monoisotopic (exact) mass is 299 g/mol. The van der Waals surface area contributed by atoms with Gasteiger partial charge in [-0.05, 0) is 50.6 Å². The second-order valence-corrected chi connectivity index (χ2v) is 5.69. The number of aromatic nitrogens is 3. The molecule has 1 aromatic carbocycles. The van der Waals surface area contributed by atoms with E-state index < -0.39 is 0 Å². The third-order valence-corrected chi connectivity index (χ3v) is 4.19. The molecule has 1 aliphatic rings. The molecule has 0 radical (unpaired) electrons. The van der Waals surface area contributed by atoms with E-state index in [2.05, 4.69) is 15.4 Å². The van der Waals surface area contributed by atoms with Crippen molar-refractivity contribution in [2.24, 2.45) is 0 Å². The number of carbonyl (C=O) groups excluding carboxylic acids is 1. The molecule has 1 atom stereocenters. The maximum Gasteiger partial charge on any atom is 0.254 e. The van der Waals surface area contributed by atoms with Crippen LogP contribution in [0.2, 0.25) is 0 Å². The van der Waals surface area contributed by atoms with Crippen LogP contribution in [0.4, 0.5) is 0 Å². The average molecular weight is 299 g/mol. The first kappa shape index (κ1) is 14.7. The standard InChI is InChI=1S/C16H21N5O/c1-12-8-13(5-6-15(12)21-11-18-10-19-21)16(22)20-7-3-4-14(20)9-17-2/h5-6,8,10-11,14,17H,3-4,7,9H2,1-2H3/t14-/m1/s1. The number of hydrogen-bond acceptors (Lipinski definition) is 4. The van der Waals surface area contributed by atoms with Crippen LogP contribution in [0.1, 0.15) is 28.8 Å². The first-order valence-electron chi connectivity index (χ1n) is 7.62. The maximum absolute atomic E-state index is 12.7. The van der Waals surface area contributed by atoms with Crippen LogP contribution in [0.5, 0.6) is 0 Å². The van der Waals surface area contributed by atoms with E-state index in [-0.39, 0.29) is 5.91 Å². The number of likely N-dealkylation sites (N-methyl/N-ethyl adjacent to an activating group) is 1. The minimum absolute atomic E-state index is 0.117. The molecule has 1 aromatic heterocycles. The van der Waals surface area contributed by atoms with Crippen molar-refractivity contribution in [1.29, 1.82) is 0 Å². The molecule has 1 saturated heterocycles. The van der Waals surface area contributed by atoms with Crippen LogP contribution in [0.3, 0.4) is 0 Å². The van der Waals surface area contributed by atoms with Gasteiger partial charge in [-0.25, -0.2) is 9.67 Å². The predicted molar refractivity (Wildman–Crippen MR) is 84.1 cm³/mol. The van der Waals surface area contributed by atoms with Crippen molar-refractivity contribution in [3.63, 3.8) is 0 Å². The van der Waals surface area contributed by atoms with Crippen molar-refractivity contribution in [1.82, 2.24) is 25.0 Å². The fraction of sp³-hybridized carbons (Fsp3) is 0.438. The summed E-state index contributed by atoms with van der Waals surface area (Å²) in [5.74, 6) is 0.117. The second kappa shape index (κ2) is 6.27. The van der Waals surface area contributed by atoms with Crippen LogP contribution < -0.4 is 5.32 Å². The lowest BCUT2D eigenvalue weighted by Gasteiger charge is -2.25. The van der Waals surface area contributed by atoms with Gasteiger partial charge in [-0.2, -0.15) is 5.10 Å². The number of nitrogens with one attached hydrogen (secondary N) is 1. The summed E-state index contributed by atoms with van der Waals surface area (Å²) in [5.41, 5.74) is 2.70. The number of amides is 1. The number of carbonyl (C=O) groups is 1. The molecule has 2 heterocycles. The quantitative estimate of drug-likeness (QED) is 0.927. The first-order chi connectivity index (χ1) is 10.7. The predicted octanol–water partition coefficient (Wildman–Crippen LogP) is 1.40. The molecule has 1 N–H and O–H groups in total. The minimum Gasteiger partial charge on any atom is -0.334 e. The molecule has 0 spiro atoms. The summed E-state index contributed by atoms with van der Waals surface area (Å²) >= 11 is 0. The molecule has 1 aliphatic heterocycles. The van der Waals surface area contributed by atoms with Crippen molar-refractivity contribution >= 4 is 5.91 Å². The number of likely N-dealkylation sites (tertiary alicyclic amines) is 1. The molecule has 116 valence electrons. The highest BCUT2D eigenvalue weighted by atomic mass is 16.2. The fourth-order valence-electron chi connectivity index (χ4n) is 3.09. The van der Waals surface area contributed by atoms with Gasteiger partial charge in [0.2, 0.25) is 0 Å². The van der Waals surface area contributed by atoms with Crippen LogP contribution in [-0.2, 0) is 0 Å². The average Bonchev–Trinajstić information content (AvgIpc) is 3.18. The highest BCUT2D eigenvalue weighted by Crippen LogP contribution is 2.22. The van der Waals surface area contributed by atoms with E-state index in [0.717, 1.165) is 42.7 Å². The van der Waals surface area contributed by atoms with Gasteiger partial charge in [0.05, 0.1) is 5.69 Å². The summed E-state index contributed by atoms with van der Waals surface area (Å²) in [5, 5.41) is 7.31. The van der Waals surface area contributed by atoms with Crippen molar-refractivity contribution in [3.05, 3.63) is 42.0 Å². The number of benzene rings is 1. The molecule has 0 saturated carbocycles. The van der Waals surface area contributed by atoms with Crippen molar-refractivity contribution in [2.75, 3.05) is 20.1 Å². The van der Waals surface area contributed by atoms with Gasteiger partial charge in [0, 0.05) is 24.7 Å². The summed E-state index contributed by atoms with van der Waals surface area (Å²) in [7, 11) is 1.93. The molecule has 6 nitrogen and oxygen atoms in total. The van der Waals surface area contributed by atoms with Gasteiger partial charge >= 0.3 is 0 Å². The van der Waals surface area contributed by atoms with E-state index >= 15 is 0 Å². The zero-order valence-electron chi connectivity index (χ0n) is 13.0. The van der Waals surface area contributed by atoms with E-state index in [1.165, 1.54) is 6.33 Å². The van der Waals surface area contributed by atoms with Crippen LogP contribution >= 0.6 is 0 Å². The molecule has 1 amide bonds. The highest BCUT2D eigenvalue weighted by Gasteiger charge is 2.28. The van der Waals surface area contributed by atoms with Crippen LogP contribution in [0.15, 0.2) is 30.9 Å². The normalized spacial score (nSPS) is 17.9. The van der Waals surface area contributed by atoms with E-state index in [0.29, 0.717) is 6.04 Å². The van der Waals surface area contributed by atoms with Gasteiger partial charge < -0.3 is 10.2 Å². The fourth-order valence-corrected chi connectivity index (χ4v) is 3.09. The number of hydrogen-bond donors (Lipinski definition) is 1. The number of aryl methyl sites for hydroxylation is 1. The third kappa shape index (κ3) is 2.74. The molecule has 22 heavy (non-hydrogen) atoms. The SMILES string of the molecule is CNC[C@H]1CCCN1C(=O)c1ccc(-n2cncn2)c(C)c1. The van der Waals surface area contributed by atoms with Crippen LogP contribution in [0.25, 0.3) is 5.69 Å². The largest absolute Gasteiger partial charge is 0.334 e. The van der Waals surface area contributed by atoms with Crippen molar-refractivity contribution in [2.45, 2.75) is 25.8 Å². The molecule has 2 aromatic rings. The van der Waals surface area contributed by atoms with Gasteiger partial charge in [-0.1, -0.05) is 0 Å². The Bertz CT molecular complexity index is 653. The lowest BCUT2D eigenvalue weighted by atomic mass is 10.1. The molecule has 0 aliphatic carbocycles. The maximum atomic E-state index is 12.7. The van der Waals surface area contributed by atoms with Crippen molar-refractivity contribution in [3.8, 4) is 5.69 Å². The lowest BCUT2D eigenvalue weighted by Crippen LogP contribution is -2.40. The summed E-state index contributed by atoms with van der Waals surface area (Å²) in [6.45, 7) is 3.68. The summed E-state index contributed by atoms with van der Waals surface area (Å²) in [6, 6.07) is 6.04. The zero-order valence-corrected chi connectivity index (χ0v) is 13.0. The molecule has 0 unspecified atom stereocenters. The summed E-state index contributed by atoms with van der Waals surface area (Å²) in [4.78, 5) is 18.7. The Labute approximate surface area is 130 Å². The van der Waals surface area contributed by atoms with Gasteiger partial charge in [0.1, 0.15) is 12.7 Å². The van der Waals surface area contributed by atoms with Gasteiger partial charge in [0.15, 0.2) is 0 Å². The Hall–Kier alpha value is -2.21. The van der Waals surface area contributed by atoms with E-state index in [9.17, 15) is 4.79 Å². The molecule has 6 heteroatoms. The summed E-state index contributed by atoms with van der Waals surface area (Å²) in [6.07, 6.45) is 5.31. The van der Waals surface area contributed by atoms with E-state index in [1.807, 2.05) is 37.1 Å². The highest BCUT2D eigenvalue weighted by molar-refractivity contribution is 5.95. The smallest absolute Gasteiger partial charge is 0.254 e. The number of nitrogens with zero attached hydrogens (tertiary/aromatic N) is 4. The van der Waals surface area contributed by atoms with Gasteiger partial charge in [-0.15, -0.1) is 0 Å². The Balaban J connectivity index is 1.83. The Morgan fingerprint density at radius 3 is 3.00 bits per heavy atom. The molecular formula is C16H21N5O. The topological polar surface area (TPSA) is 63.1 Å². The van der Waals surface area contributed by atoms with Gasteiger partial charge in [-0.3, -0.25) is 4.79 Å². The number of rotatable bonds is 4. The second-order valence-electron chi connectivity index (χ2n) is 5.69. The lowest BCUT2D eigenvalue weighted by molar-refractivity contribution is 0.0737.